The van der Waals surface area contributed by atoms with Gasteiger partial charge >= 0.3 is 0 Å². The molecule has 1 aliphatic heterocycles. The number of rotatable bonds is 4. The lowest BCUT2D eigenvalue weighted by atomic mass is 10.0. The van der Waals surface area contributed by atoms with Gasteiger partial charge in [0.15, 0.2) is 0 Å². The average Bonchev–Trinajstić information content (AvgIpc) is 2.44. The van der Waals surface area contributed by atoms with Crippen LogP contribution < -0.4 is 4.74 Å². The SMILES string of the molecule is C=C1C(C)=CC=C(c2ccc(OCSC)cc2F)N1C. The molecule has 0 bridgehead atoms. The Kier molecular flexibility index (Phi) is 4.55. The standard InChI is InChI=1S/C16H18FNOS/c1-11-5-8-16(18(3)12(11)2)14-7-6-13(9-15(14)17)19-10-20-4/h5-9H,2,10H2,1,3-4H3. The fourth-order valence-corrected chi connectivity index (χ4v) is 2.27. The highest BCUT2D eigenvalue weighted by molar-refractivity contribution is 7.98. The molecule has 0 atom stereocenters. The Balaban J connectivity index is 2.32. The Morgan fingerprint density at radius 1 is 1.35 bits per heavy atom. The normalized spacial score (nSPS) is 15.0. The van der Waals surface area contributed by atoms with Crippen LogP contribution in [0.3, 0.4) is 0 Å². The molecule has 1 aromatic rings. The van der Waals surface area contributed by atoms with Crippen LogP contribution in [-0.4, -0.2) is 24.1 Å². The van der Waals surface area contributed by atoms with Crippen molar-refractivity contribution in [1.82, 2.24) is 4.90 Å². The van der Waals surface area contributed by atoms with Crippen molar-refractivity contribution in [3.63, 3.8) is 0 Å². The molecule has 0 radical (unpaired) electrons. The van der Waals surface area contributed by atoms with E-state index in [0.717, 1.165) is 17.0 Å². The van der Waals surface area contributed by atoms with E-state index < -0.39 is 0 Å². The lowest BCUT2D eigenvalue weighted by Gasteiger charge is -2.28. The number of ether oxygens (including phenoxy) is 1. The van der Waals surface area contributed by atoms with Gasteiger partial charge in [0.05, 0.1) is 5.70 Å². The van der Waals surface area contributed by atoms with Crippen LogP contribution in [0.1, 0.15) is 12.5 Å². The first-order valence-electron chi connectivity index (χ1n) is 6.28. The molecule has 0 amide bonds. The van der Waals surface area contributed by atoms with Gasteiger partial charge in [0.2, 0.25) is 0 Å². The Morgan fingerprint density at radius 3 is 2.75 bits per heavy atom. The van der Waals surface area contributed by atoms with E-state index in [1.807, 2.05) is 37.3 Å². The first kappa shape index (κ1) is 14.7. The van der Waals surface area contributed by atoms with Gasteiger partial charge in [-0.1, -0.05) is 12.7 Å². The Morgan fingerprint density at radius 2 is 2.10 bits per heavy atom. The summed E-state index contributed by atoms with van der Waals surface area (Å²) in [6, 6.07) is 4.96. The maximum atomic E-state index is 14.3. The van der Waals surface area contributed by atoms with Crippen molar-refractivity contribution in [2.45, 2.75) is 6.92 Å². The van der Waals surface area contributed by atoms with Crippen LogP contribution in [0.25, 0.3) is 5.70 Å². The fraction of sp³-hybridized carbons (Fsp3) is 0.250. The second-order valence-corrected chi connectivity index (χ2v) is 5.41. The third kappa shape index (κ3) is 2.90. The molecule has 106 valence electrons. The lowest BCUT2D eigenvalue weighted by molar-refractivity contribution is 0.390. The predicted octanol–water partition coefficient (Wildman–Crippen LogP) is 4.27. The van der Waals surface area contributed by atoms with E-state index in [1.165, 1.54) is 6.07 Å². The smallest absolute Gasteiger partial charge is 0.136 e. The molecule has 0 N–H and O–H groups in total. The zero-order valence-corrected chi connectivity index (χ0v) is 12.8. The van der Waals surface area contributed by atoms with Crippen molar-refractivity contribution >= 4 is 17.5 Å². The molecule has 1 aromatic carbocycles. The minimum absolute atomic E-state index is 0.289. The highest BCUT2D eigenvalue weighted by Gasteiger charge is 2.18. The summed E-state index contributed by atoms with van der Waals surface area (Å²) in [6.45, 7) is 5.99. The van der Waals surface area contributed by atoms with Gasteiger partial charge in [-0.05, 0) is 37.0 Å². The molecule has 0 aliphatic carbocycles. The summed E-state index contributed by atoms with van der Waals surface area (Å²) in [4.78, 5) is 1.90. The van der Waals surface area contributed by atoms with Gasteiger partial charge in [0, 0.05) is 24.4 Å². The quantitative estimate of drug-likeness (QED) is 0.769. The molecule has 2 rings (SSSR count). The van der Waals surface area contributed by atoms with E-state index in [9.17, 15) is 4.39 Å². The van der Waals surface area contributed by atoms with Crippen molar-refractivity contribution in [2.24, 2.45) is 0 Å². The molecule has 0 unspecified atom stereocenters. The van der Waals surface area contributed by atoms with E-state index in [4.69, 9.17) is 4.74 Å². The number of hydrogen-bond acceptors (Lipinski definition) is 3. The molecule has 0 aromatic heterocycles. The second kappa shape index (κ2) is 6.18. The summed E-state index contributed by atoms with van der Waals surface area (Å²) >= 11 is 1.55. The summed E-state index contributed by atoms with van der Waals surface area (Å²) in [7, 11) is 1.89. The summed E-state index contributed by atoms with van der Waals surface area (Å²) in [6.07, 6.45) is 5.80. The molecular formula is C16H18FNOS. The first-order chi connectivity index (χ1) is 9.54. The zero-order chi connectivity index (χ0) is 14.7. The fourth-order valence-electron chi connectivity index (χ4n) is 2.01. The highest BCUT2D eigenvalue weighted by atomic mass is 32.2. The summed E-state index contributed by atoms with van der Waals surface area (Å²) < 4.78 is 19.7. The van der Waals surface area contributed by atoms with Crippen molar-refractivity contribution in [3.05, 3.63) is 59.6 Å². The number of allylic oxidation sites excluding steroid dienone is 3. The molecular weight excluding hydrogens is 273 g/mol. The van der Waals surface area contributed by atoms with Gasteiger partial charge in [-0.15, -0.1) is 11.8 Å². The van der Waals surface area contributed by atoms with E-state index in [-0.39, 0.29) is 5.82 Å². The molecule has 1 heterocycles. The maximum absolute atomic E-state index is 14.3. The summed E-state index contributed by atoms with van der Waals surface area (Å²) in [5, 5.41) is 0. The number of benzene rings is 1. The van der Waals surface area contributed by atoms with Gasteiger partial charge in [0.1, 0.15) is 17.5 Å². The van der Waals surface area contributed by atoms with Crippen LogP contribution in [0.15, 0.2) is 48.2 Å². The number of likely N-dealkylation sites (N-methyl/N-ethyl adjacent to an activating group) is 1. The monoisotopic (exact) mass is 291 g/mol. The lowest BCUT2D eigenvalue weighted by Crippen LogP contribution is -2.19. The molecule has 0 spiro atoms. The molecule has 2 nitrogen and oxygen atoms in total. The third-order valence-electron chi connectivity index (χ3n) is 3.27. The Bertz CT molecular complexity index is 592. The van der Waals surface area contributed by atoms with Crippen molar-refractivity contribution < 1.29 is 9.13 Å². The van der Waals surface area contributed by atoms with Gasteiger partial charge in [-0.3, -0.25) is 0 Å². The largest absolute Gasteiger partial charge is 0.483 e. The highest BCUT2D eigenvalue weighted by Crippen LogP contribution is 2.31. The zero-order valence-electron chi connectivity index (χ0n) is 11.9. The third-order valence-corrected chi connectivity index (χ3v) is 3.63. The van der Waals surface area contributed by atoms with Crippen LogP contribution in [-0.2, 0) is 0 Å². The maximum Gasteiger partial charge on any atom is 0.136 e. The van der Waals surface area contributed by atoms with Crippen molar-refractivity contribution in [3.8, 4) is 5.75 Å². The van der Waals surface area contributed by atoms with Gasteiger partial charge < -0.3 is 9.64 Å². The molecule has 20 heavy (non-hydrogen) atoms. The van der Waals surface area contributed by atoms with Crippen LogP contribution in [0.4, 0.5) is 4.39 Å². The summed E-state index contributed by atoms with van der Waals surface area (Å²) in [5.74, 6) is 0.771. The Hall–Kier alpha value is -1.68. The van der Waals surface area contributed by atoms with E-state index >= 15 is 0 Å². The topological polar surface area (TPSA) is 12.5 Å². The van der Waals surface area contributed by atoms with Crippen molar-refractivity contribution in [1.29, 1.82) is 0 Å². The van der Waals surface area contributed by atoms with Crippen LogP contribution in [0.2, 0.25) is 0 Å². The van der Waals surface area contributed by atoms with Crippen LogP contribution in [0.5, 0.6) is 5.75 Å². The number of thioether (sulfide) groups is 1. The van der Waals surface area contributed by atoms with Gasteiger partial charge in [0.25, 0.3) is 0 Å². The van der Waals surface area contributed by atoms with Crippen LogP contribution in [0, 0.1) is 5.82 Å². The molecule has 4 heteroatoms. The second-order valence-electron chi connectivity index (χ2n) is 4.60. The van der Waals surface area contributed by atoms with E-state index in [0.29, 0.717) is 17.3 Å². The average molecular weight is 291 g/mol. The van der Waals surface area contributed by atoms with Gasteiger partial charge in [-0.2, -0.15) is 0 Å². The molecule has 1 aliphatic rings. The Labute approximate surface area is 123 Å². The minimum Gasteiger partial charge on any atom is -0.483 e. The summed E-state index contributed by atoms with van der Waals surface area (Å²) in [5.41, 5.74) is 3.31. The van der Waals surface area contributed by atoms with E-state index in [2.05, 4.69) is 6.58 Å². The van der Waals surface area contributed by atoms with Crippen LogP contribution >= 0.6 is 11.8 Å². The number of hydrogen-bond donors (Lipinski definition) is 0. The number of nitrogens with zero attached hydrogens (tertiary/aromatic N) is 1. The predicted molar refractivity (Wildman–Crippen MR) is 84.0 cm³/mol. The minimum atomic E-state index is -0.289. The van der Waals surface area contributed by atoms with Crippen molar-refractivity contribution in [2.75, 3.05) is 19.2 Å². The van der Waals surface area contributed by atoms with E-state index in [1.54, 1.807) is 23.9 Å². The van der Waals surface area contributed by atoms with Gasteiger partial charge in [-0.25, -0.2) is 4.39 Å². The molecule has 0 saturated heterocycles. The molecule has 0 fully saturated rings. The first-order valence-corrected chi connectivity index (χ1v) is 7.67. The molecule has 0 saturated carbocycles. The number of halogens is 1.